The van der Waals surface area contributed by atoms with Gasteiger partial charge in [-0.05, 0) is 24.1 Å². The van der Waals surface area contributed by atoms with Crippen LogP contribution in [0.4, 0.5) is 10.1 Å². The summed E-state index contributed by atoms with van der Waals surface area (Å²) in [6.45, 7) is 3.81. The molecule has 2 amide bonds. The Morgan fingerprint density at radius 3 is 2.57 bits per heavy atom. The van der Waals surface area contributed by atoms with Crippen molar-refractivity contribution >= 4 is 17.5 Å². The minimum Gasteiger partial charge on any atom is -0.395 e. The van der Waals surface area contributed by atoms with Crippen molar-refractivity contribution in [1.82, 2.24) is 4.90 Å². The van der Waals surface area contributed by atoms with Crippen LogP contribution >= 0.6 is 0 Å². The molecule has 0 heterocycles. The molecular weight excluding hydrogens is 275 g/mol. The van der Waals surface area contributed by atoms with Crippen LogP contribution in [0.3, 0.4) is 0 Å². The zero-order chi connectivity index (χ0) is 16.0. The lowest BCUT2D eigenvalue weighted by atomic mass is 10.1. The molecule has 0 unspecified atom stereocenters. The monoisotopic (exact) mass is 296 g/mol. The molecule has 116 valence electrons. The molecule has 0 aliphatic carbocycles. The van der Waals surface area contributed by atoms with E-state index in [0.717, 1.165) is 6.07 Å². The number of hydrogen-bond donors (Lipinski definition) is 2. The summed E-state index contributed by atoms with van der Waals surface area (Å²) >= 11 is 0. The second-order valence-corrected chi connectivity index (χ2v) is 5.29. The van der Waals surface area contributed by atoms with Gasteiger partial charge in [-0.25, -0.2) is 4.39 Å². The number of rotatable bonds is 6. The van der Waals surface area contributed by atoms with E-state index in [9.17, 15) is 14.0 Å². The number of anilines is 1. The Bertz CT molecular complexity index is 518. The molecule has 0 saturated heterocycles. The first-order chi connectivity index (χ1) is 9.85. The van der Waals surface area contributed by atoms with Crippen molar-refractivity contribution in [2.45, 2.75) is 20.3 Å². The zero-order valence-corrected chi connectivity index (χ0v) is 12.5. The summed E-state index contributed by atoms with van der Waals surface area (Å²) in [5, 5.41) is 11.3. The van der Waals surface area contributed by atoms with Crippen LogP contribution in [0.25, 0.3) is 0 Å². The lowest BCUT2D eigenvalue weighted by Crippen LogP contribution is -2.29. The Morgan fingerprint density at radius 1 is 1.38 bits per heavy atom. The van der Waals surface area contributed by atoms with E-state index in [1.807, 2.05) is 13.8 Å². The Labute approximate surface area is 123 Å². The SMILES string of the molecule is CC(C)CC(=O)Nc1ccc(C(=O)N(C)CCO)cc1F. The number of likely N-dealkylation sites (N-methyl/N-ethyl adjacent to an activating group) is 1. The highest BCUT2D eigenvalue weighted by Gasteiger charge is 2.15. The zero-order valence-electron chi connectivity index (χ0n) is 12.5. The fourth-order valence-corrected chi connectivity index (χ4v) is 1.79. The largest absolute Gasteiger partial charge is 0.395 e. The highest BCUT2D eigenvalue weighted by molar-refractivity contribution is 5.95. The highest BCUT2D eigenvalue weighted by atomic mass is 19.1. The van der Waals surface area contributed by atoms with Crippen molar-refractivity contribution in [3.63, 3.8) is 0 Å². The molecule has 0 spiro atoms. The molecule has 6 heteroatoms. The van der Waals surface area contributed by atoms with E-state index in [4.69, 9.17) is 5.11 Å². The Hall–Kier alpha value is -1.95. The molecular formula is C15H21FN2O3. The lowest BCUT2D eigenvalue weighted by Gasteiger charge is -2.16. The van der Waals surface area contributed by atoms with Gasteiger partial charge < -0.3 is 15.3 Å². The molecule has 0 aliphatic heterocycles. The molecule has 0 radical (unpaired) electrons. The summed E-state index contributed by atoms with van der Waals surface area (Å²) in [4.78, 5) is 24.8. The van der Waals surface area contributed by atoms with E-state index in [0.29, 0.717) is 6.42 Å². The number of nitrogens with zero attached hydrogens (tertiary/aromatic N) is 1. The topological polar surface area (TPSA) is 69.6 Å². The Balaban J connectivity index is 2.81. The van der Waals surface area contributed by atoms with Crippen molar-refractivity contribution in [2.75, 3.05) is 25.5 Å². The summed E-state index contributed by atoms with van der Waals surface area (Å²) in [6, 6.07) is 3.90. The van der Waals surface area contributed by atoms with Crippen LogP contribution in [0.1, 0.15) is 30.6 Å². The van der Waals surface area contributed by atoms with Crippen molar-refractivity contribution in [1.29, 1.82) is 0 Å². The number of aliphatic hydroxyl groups is 1. The van der Waals surface area contributed by atoms with Crippen LogP contribution in [-0.2, 0) is 4.79 Å². The molecule has 5 nitrogen and oxygen atoms in total. The van der Waals surface area contributed by atoms with E-state index < -0.39 is 5.82 Å². The van der Waals surface area contributed by atoms with E-state index in [2.05, 4.69) is 5.32 Å². The quantitative estimate of drug-likeness (QED) is 0.842. The fraction of sp³-hybridized carbons (Fsp3) is 0.467. The van der Waals surface area contributed by atoms with E-state index >= 15 is 0 Å². The molecule has 1 aromatic carbocycles. The highest BCUT2D eigenvalue weighted by Crippen LogP contribution is 2.17. The number of hydrogen-bond acceptors (Lipinski definition) is 3. The molecule has 21 heavy (non-hydrogen) atoms. The molecule has 0 aliphatic rings. The minimum absolute atomic E-state index is 0.0574. The van der Waals surface area contributed by atoms with Gasteiger partial charge in [-0.2, -0.15) is 0 Å². The number of halogens is 1. The van der Waals surface area contributed by atoms with Gasteiger partial charge >= 0.3 is 0 Å². The average Bonchev–Trinajstić information content (AvgIpc) is 2.39. The van der Waals surface area contributed by atoms with Gasteiger partial charge in [-0.1, -0.05) is 13.8 Å². The second kappa shape index (κ2) is 7.73. The first-order valence-corrected chi connectivity index (χ1v) is 6.81. The molecule has 1 rings (SSSR count). The van der Waals surface area contributed by atoms with Gasteiger partial charge in [-0.3, -0.25) is 9.59 Å². The normalized spacial score (nSPS) is 10.6. The number of amides is 2. The number of carbonyl (C=O) groups is 2. The molecule has 1 aromatic rings. The Kier molecular flexibility index (Phi) is 6.30. The lowest BCUT2D eigenvalue weighted by molar-refractivity contribution is -0.116. The van der Waals surface area contributed by atoms with Crippen LogP contribution in [-0.4, -0.2) is 42.0 Å². The van der Waals surface area contributed by atoms with Gasteiger partial charge in [0.2, 0.25) is 5.91 Å². The van der Waals surface area contributed by atoms with Crippen molar-refractivity contribution in [2.24, 2.45) is 5.92 Å². The summed E-state index contributed by atoms with van der Waals surface area (Å²) in [7, 11) is 1.52. The predicted octanol–water partition coefficient (Wildman–Crippen LogP) is 1.87. The van der Waals surface area contributed by atoms with Crippen LogP contribution in [0.15, 0.2) is 18.2 Å². The third kappa shape index (κ3) is 5.15. The number of carbonyl (C=O) groups excluding carboxylic acids is 2. The third-order valence-electron chi connectivity index (χ3n) is 2.87. The average molecular weight is 296 g/mol. The summed E-state index contributed by atoms with van der Waals surface area (Å²) in [6.07, 6.45) is 0.305. The maximum Gasteiger partial charge on any atom is 0.253 e. The van der Waals surface area contributed by atoms with Gasteiger partial charge in [0.05, 0.1) is 12.3 Å². The van der Waals surface area contributed by atoms with E-state index in [1.54, 1.807) is 0 Å². The summed E-state index contributed by atoms with van der Waals surface area (Å²) < 4.78 is 13.9. The summed E-state index contributed by atoms with van der Waals surface area (Å²) in [5.41, 5.74) is 0.229. The molecule has 0 aromatic heterocycles. The molecule has 0 saturated carbocycles. The van der Waals surface area contributed by atoms with Crippen LogP contribution in [0.5, 0.6) is 0 Å². The third-order valence-corrected chi connectivity index (χ3v) is 2.87. The second-order valence-electron chi connectivity index (χ2n) is 5.29. The van der Waals surface area contributed by atoms with E-state index in [-0.39, 0.29) is 42.1 Å². The molecule has 2 N–H and O–H groups in total. The van der Waals surface area contributed by atoms with Gasteiger partial charge in [0.15, 0.2) is 0 Å². The van der Waals surface area contributed by atoms with Crippen molar-refractivity contribution in [3.8, 4) is 0 Å². The number of aliphatic hydroxyl groups excluding tert-OH is 1. The fourth-order valence-electron chi connectivity index (χ4n) is 1.79. The maximum absolute atomic E-state index is 13.9. The molecule has 0 bridgehead atoms. The van der Waals surface area contributed by atoms with Crippen LogP contribution in [0.2, 0.25) is 0 Å². The maximum atomic E-state index is 13.9. The molecule has 0 atom stereocenters. The predicted molar refractivity (Wildman–Crippen MR) is 78.5 cm³/mol. The Morgan fingerprint density at radius 2 is 2.05 bits per heavy atom. The van der Waals surface area contributed by atoms with Gasteiger partial charge in [0.25, 0.3) is 5.91 Å². The summed E-state index contributed by atoms with van der Waals surface area (Å²) in [5.74, 6) is -1.13. The van der Waals surface area contributed by atoms with E-state index in [1.165, 1.54) is 24.1 Å². The number of nitrogens with one attached hydrogen (secondary N) is 1. The smallest absolute Gasteiger partial charge is 0.253 e. The van der Waals surface area contributed by atoms with Crippen molar-refractivity contribution < 1.29 is 19.1 Å². The van der Waals surface area contributed by atoms with Gasteiger partial charge in [0.1, 0.15) is 5.82 Å². The minimum atomic E-state index is -0.657. The first kappa shape index (κ1) is 17.1. The van der Waals surface area contributed by atoms with Crippen LogP contribution < -0.4 is 5.32 Å². The molecule has 0 fully saturated rings. The van der Waals surface area contributed by atoms with Crippen LogP contribution in [0, 0.1) is 11.7 Å². The van der Waals surface area contributed by atoms with Crippen molar-refractivity contribution in [3.05, 3.63) is 29.6 Å². The first-order valence-electron chi connectivity index (χ1n) is 6.81. The number of benzene rings is 1. The standard InChI is InChI=1S/C15H21FN2O3/c1-10(2)8-14(20)17-13-5-4-11(9-12(13)16)15(21)18(3)6-7-19/h4-5,9-10,19H,6-8H2,1-3H3,(H,17,20). The van der Waals surface area contributed by atoms with Gasteiger partial charge in [-0.15, -0.1) is 0 Å². The van der Waals surface area contributed by atoms with Gasteiger partial charge in [0, 0.05) is 25.6 Å².